The Morgan fingerprint density at radius 2 is 1.83 bits per heavy atom. The second-order valence-electron chi connectivity index (χ2n) is 7.46. The Labute approximate surface area is 191 Å². The molecule has 0 saturated carbocycles. The molecule has 0 radical (unpaired) electrons. The molecule has 30 heavy (non-hydrogen) atoms. The van der Waals surface area contributed by atoms with Gasteiger partial charge in [0.05, 0.1) is 4.47 Å². The van der Waals surface area contributed by atoms with Crippen LogP contribution in [0.25, 0.3) is 0 Å². The Morgan fingerprint density at radius 1 is 1.17 bits per heavy atom. The van der Waals surface area contributed by atoms with Crippen molar-refractivity contribution in [2.45, 2.75) is 52.7 Å². The molecular weight excluding hydrogens is 468 g/mol. The number of hydrogen-bond donors (Lipinski definition) is 1. The van der Waals surface area contributed by atoms with E-state index in [9.17, 15) is 9.59 Å². The lowest BCUT2D eigenvalue weighted by Crippen LogP contribution is -2.51. The fourth-order valence-corrected chi connectivity index (χ4v) is 3.80. The number of benzene rings is 2. The molecule has 0 fully saturated rings. The van der Waals surface area contributed by atoms with E-state index < -0.39 is 6.04 Å². The maximum atomic E-state index is 13.1. The van der Waals surface area contributed by atoms with Crippen molar-refractivity contribution in [1.82, 2.24) is 10.2 Å². The number of ether oxygens (including phenoxy) is 1. The van der Waals surface area contributed by atoms with E-state index in [-0.39, 0.29) is 24.5 Å². The lowest BCUT2D eigenvalue weighted by Gasteiger charge is -2.31. The van der Waals surface area contributed by atoms with Crippen LogP contribution in [0.3, 0.4) is 0 Å². The summed E-state index contributed by atoms with van der Waals surface area (Å²) in [5.41, 5.74) is 2.09. The monoisotopic (exact) mass is 494 g/mol. The maximum absolute atomic E-state index is 13.1. The van der Waals surface area contributed by atoms with E-state index in [1.165, 1.54) is 0 Å². The van der Waals surface area contributed by atoms with Crippen LogP contribution in [0, 0.1) is 6.92 Å². The largest absolute Gasteiger partial charge is 0.483 e. The third-order valence-electron chi connectivity index (χ3n) is 4.54. The maximum Gasteiger partial charge on any atom is 0.261 e. The summed E-state index contributed by atoms with van der Waals surface area (Å²) < 4.78 is 6.38. The molecule has 2 rings (SSSR count). The van der Waals surface area contributed by atoms with Gasteiger partial charge >= 0.3 is 0 Å². The van der Waals surface area contributed by atoms with E-state index in [0.717, 1.165) is 11.1 Å². The zero-order chi connectivity index (χ0) is 22.3. The normalized spacial score (nSPS) is 11.8. The van der Waals surface area contributed by atoms with Crippen LogP contribution in [0.4, 0.5) is 0 Å². The fourth-order valence-electron chi connectivity index (χ4n) is 3.01. The van der Waals surface area contributed by atoms with Crippen LogP contribution in [0.5, 0.6) is 5.75 Å². The van der Waals surface area contributed by atoms with Crippen molar-refractivity contribution >= 4 is 39.3 Å². The van der Waals surface area contributed by atoms with Crippen molar-refractivity contribution in [2.75, 3.05) is 6.61 Å². The SMILES string of the molecule is CC[C@H](C(=O)NC(C)C)N(Cc1ccc(C)cc1)C(=O)COc1ccc(Cl)cc1Br. The Bertz CT molecular complexity index is 871. The van der Waals surface area contributed by atoms with Crippen molar-refractivity contribution in [2.24, 2.45) is 0 Å². The fraction of sp³-hybridized carbons (Fsp3) is 0.391. The van der Waals surface area contributed by atoms with Crippen molar-refractivity contribution < 1.29 is 14.3 Å². The summed E-state index contributed by atoms with van der Waals surface area (Å²) in [6, 6.07) is 12.4. The van der Waals surface area contributed by atoms with Gasteiger partial charge in [0.15, 0.2) is 6.61 Å². The topological polar surface area (TPSA) is 58.6 Å². The number of nitrogens with zero attached hydrogens (tertiary/aromatic N) is 1. The Morgan fingerprint density at radius 3 is 2.40 bits per heavy atom. The molecule has 2 aromatic rings. The lowest BCUT2D eigenvalue weighted by molar-refractivity contribution is -0.143. The van der Waals surface area contributed by atoms with Gasteiger partial charge < -0.3 is 15.0 Å². The van der Waals surface area contributed by atoms with Gasteiger partial charge in [-0.2, -0.15) is 0 Å². The van der Waals surface area contributed by atoms with Crippen LogP contribution in [0.1, 0.15) is 38.3 Å². The van der Waals surface area contributed by atoms with Crippen LogP contribution in [0.15, 0.2) is 46.9 Å². The highest BCUT2D eigenvalue weighted by molar-refractivity contribution is 9.10. The number of carbonyl (C=O) groups excluding carboxylic acids is 2. The molecule has 0 heterocycles. The summed E-state index contributed by atoms with van der Waals surface area (Å²) in [6.07, 6.45) is 0.501. The Balaban J connectivity index is 2.22. The third kappa shape index (κ3) is 7.03. The second kappa shape index (κ2) is 11.4. The minimum atomic E-state index is -0.585. The van der Waals surface area contributed by atoms with Crippen molar-refractivity contribution in [3.8, 4) is 5.75 Å². The van der Waals surface area contributed by atoms with Gasteiger partial charge in [-0.25, -0.2) is 0 Å². The van der Waals surface area contributed by atoms with E-state index >= 15 is 0 Å². The van der Waals surface area contributed by atoms with E-state index in [1.54, 1.807) is 23.1 Å². The number of nitrogens with one attached hydrogen (secondary N) is 1. The van der Waals surface area contributed by atoms with Crippen molar-refractivity contribution in [3.63, 3.8) is 0 Å². The first-order valence-corrected chi connectivity index (χ1v) is 11.1. The van der Waals surface area contributed by atoms with Gasteiger partial charge in [0, 0.05) is 17.6 Å². The molecule has 0 aliphatic carbocycles. The van der Waals surface area contributed by atoms with Crippen LogP contribution < -0.4 is 10.1 Å². The minimum Gasteiger partial charge on any atom is -0.483 e. The summed E-state index contributed by atoms with van der Waals surface area (Å²) in [6.45, 7) is 7.85. The quantitative estimate of drug-likeness (QED) is 0.525. The van der Waals surface area contributed by atoms with Crippen molar-refractivity contribution in [3.05, 3.63) is 63.1 Å². The molecule has 1 atom stereocenters. The molecule has 2 amide bonds. The molecule has 162 valence electrons. The smallest absolute Gasteiger partial charge is 0.261 e. The first-order valence-electron chi connectivity index (χ1n) is 9.94. The highest BCUT2D eigenvalue weighted by atomic mass is 79.9. The van der Waals surface area contributed by atoms with Gasteiger partial charge in [0.2, 0.25) is 5.91 Å². The summed E-state index contributed by atoms with van der Waals surface area (Å²) in [5, 5.41) is 3.48. The highest BCUT2D eigenvalue weighted by Crippen LogP contribution is 2.28. The summed E-state index contributed by atoms with van der Waals surface area (Å²) in [5.74, 6) is 0.0894. The molecule has 0 aromatic heterocycles. The highest BCUT2D eigenvalue weighted by Gasteiger charge is 2.29. The predicted molar refractivity (Wildman–Crippen MR) is 124 cm³/mol. The molecule has 1 N–H and O–H groups in total. The molecule has 0 spiro atoms. The molecule has 2 aromatic carbocycles. The second-order valence-corrected chi connectivity index (χ2v) is 8.75. The third-order valence-corrected chi connectivity index (χ3v) is 5.39. The summed E-state index contributed by atoms with van der Waals surface area (Å²) >= 11 is 9.35. The van der Waals surface area contributed by atoms with Crippen molar-refractivity contribution in [1.29, 1.82) is 0 Å². The van der Waals surface area contributed by atoms with E-state index in [4.69, 9.17) is 16.3 Å². The van der Waals surface area contributed by atoms with Gasteiger partial charge in [-0.3, -0.25) is 9.59 Å². The minimum absolute atomic E-state index is 0.0100. The van der Waals surface area contributed by atoms with Gasteiger partial charge in [-0.1, -0.05) is 48.4 Å². The van der Waals surface area contributed by atoms with Crippen LogP contribution in [-0.2, 0) is 16.1 Å². The van der Waals surface area contributed by atoms with Gasteiger partial charge in [0.25, 0.3) is 5.91 Å². The van der Waals surface area contributed by atoms with E-state index in [0.29, 0.717) is 28.2 Å². The zero-order valence-corrected chi connectivity index (χ0v) is 20.1. The average Bonchev–Trinajstić information content (AvgIpc) is 2.68. The number of carbonyl (C=O) groups is 2. The number of hydrogen-bond acceptors (Lipinski definition) is 3. The molecule has 0 aliphatic rings. The summed E-state index contributed by atoms with van der Waals surface area (Å²) in [7, 11) is 0. The predicted octanol–water partition coefficient (Wildman–Crippen LogP) is 5.12. The molecule has 0 bridgehead atoms. The molecule has 5 nitrogen and oxygen atoms in total. The number of halogens is 2. The van der Waals surface area contributed by atoms with Crippen LogP contribution in [-0.4, -0.2) is 35.4 Å². The van der Waals surface area contributed by atoms with Gasteiger partial charge in [-0.15, -0.1) is 0 Å². The molecule has 7 heteroatoms. The Kier molecular flexibility index (Phi) is 9.18. The number of aryl methyl sites for hydroxylation is 1. The average molecular weight is 496 g/mol. The molecule has 0 aliphatic heterocycles. The van der Waals surface area contributed by atoms with E-state index in [1.807, 2.05) is 52.0 Å². The van der Waals surface area contributed by atoms with Crippen LogP contribution in [0.2, 0.25) is 5.02 Å². The van der Waals surface area contributed by atoms with E-state index in [2.05, 4.69) is 21.2 Å². The van der Waals surface area contributed by atoms with Crippen LogP contribution >= 0.6 is 27.5 Å². The molecule has 0 unspecified atom stereocenters. The number of rotatable bonds is 9. The zero-order valence-electron chi connectivity index (χ0n) is 17.7. The molecule has 0 saturated heterocycles. The Hall–Kier alpha value is -2.05. The first kappa shape index (κ1) is 24.2. The van der Waals surface area contributed by atoms with Gasteiger partial charge in [0.1, 0.15) is 11.8 Å². The molecular formula is C23H28BrClN2O3. The van der Waals surface area contributed by atoms with Gasteiger partial charge in [-0.05, 0) is 66.9 Å². The first-order chi connectivity index (χ1) is 14.2. The summed E-state index contributed by atoms with van der Waals surface area (Å²) in [4.78, 5) is 27.5. The number of amides is 2. The lowest BCUT2D eigenvalue weighted by atomic mass is 10.1. The standard InChI is InChI=1S/C23H28BrClN2O3/c1-5-20(23(29)26-15(2)3)27(13-17-8-6-16(4)7-9-17)22(28)14-30-21-11-10-18(25)12-19(21)24/h6-12,15,20H,5,13-14H2,1-4H3,(H,26,29)/t20-/m1/s1.